The lowest BCUT2D eigenvalue weighted by molar-refractivity contribution is -0.137. The van der Waals surface area contributed by atoms with E-state index >= 15 is 0 Å². The Morgan fingerprint density at radius 3 is 2.10 bits per heavy atom. The van der Waals surface area contributed by atoms with E-state index in [1.807, 2.05) is 6.92 Å². The minimum atomic E-state index is -4.26. The van der Waals surface area contributed by atoms with Gasteiger partial charge in [0.2, 0.25) is 0 Å². The van der Waals surface area contributed by atoms with Crippen LogP contribution < -0.4 is 5.32 Å². The van der Waals surface area contributed by atoms with Gasteiger partial charge in [0, 0.05) is 6.04 Å². The van der Waals surface area contributed by atoms with Crippen LogP contribution in [0, 0.1) is 0 Å². The highest BCUT2D eigenvalue weighted by Crippen LogP contribution is 2.29. The Bertz CT molecular complexity index is 384. The highest BCUT2D eigenvalue weighted by Gasteiger charge is 2.30. The molecule has 21 heavy (non-hydrogen) atoms. The summed E-state index contributed by atoms with van der Waals surface area (Å²) in [7, 11) is 0. The second-order valence-electron chi connectivity index (χ2n) is 5.56. The molecule has 1 atom stereocenters. The topological polar surface area (TPSA) is 12.0 Å². The molecule has 0 aliphatic carbocycles. The summed E-state index contributed by atoms with van der Waals surface area (Å²) in [4.78, 5) is 0. The van der Waals surface area contributed by atoms with Gasteiger partial charge in [-0.05, 0) is 37.6 Å². The first kappa shape index (κ1) is 18.0. The molecule has 0 aromatic heterocycles. The van der Waals surface area contributed by atoms with Crippen LogP contribution in [0.25, 0.3) is 0 Å². The third-order valence-corrected chi connectivity index (χ3v) is 3.72. The molecule has 1 rings (SSSR count). The molecule has 0 amide bonds. The Hall–Kier alpha value is -1.03. The first-order valence-electron chi connectivity index (χ1n) is 7.85. The second kappa shape index (κ2) is 9.08. The summed E-state index contributed by atoms with van der Waals surface area (Å²) in [6.45, 7) is 5.10. The van der Waals surface area contributed by atoms with Crippen molar-refractivity contribution in [2.45, 2.75) is 64.6 Å². The fraction of sp³-hybridized carbons (Fsp3) is 0.647. The maximum absolute atomic E-state index is 12.5. The highest BCUT2D eigenvalue weighted by molar-refractivity contribution is 5.26. The normalized spacial score (nSPS) is 13.4. The second-order valence-corrected chi connectivity index (χ2v) is 5.56. The number of hydrogen-bond donors (Lipinski definition) is 1. The fourth-order valence-corrected chi connectivity index (χ4v) is 2.30. The van der Waals surface area contributed by atoms with Crippen molar-refractivity contribution in [2.24, 2.45) is 0 Å². The smallest absolute Gasteiger partial charge is 0.310 e. The van der Waals surface area contributed by atoms with Crippen molar-refractivity contribution in [3.05, 3.63) is 35.4 Å². The van der Waals surface area contributed by atoms with Gasteiger partial charge >= 0.3 is 6.18 Å². The zero-order chi connectivity index (χ0) is 15.7. The van der Waals surface area contributed by atoms with Gasteiger partial charge in [-0.25, -0.2) is 0 Å². The average molecular weight is 301 g/mol. The van der Waals surface area contributed by atoms with E-state index in [-0.39, 0.29) is 6.04 Å². The van der Waals surface area contributed by atoms with Gasteiger partial charge in [-0.2, -0.15) is 13.2 Å². The van der Waals surface area contributed by atoms with Crippen molar-refractivity contribution >= 4 is 0 Å². The van der Waals surface area contributed by atoms with Crippen molar-refractivity contribution in [1.82, 2.24) is 5.32 Å². The molecule has 0 saturated carbocycles. The van der Waals surface area contributed by atoms with Crippen molar-refractivity contribution in [1.29, 1.82) is 0 Å². The van der Waals surface area contributed by atoms with E-state index in [1.165, 1.54) is 32.1 Å². The summed E-state index contributed by atoms with van der Waals surface area (Å²) >= 11 is 0. The van der Waals surface area contributed by atoms with Crippen LogP contribution >= 0.6 is 0 Å². The van der Waals surface area contributed by atoms with Crippen LogP contribution in [-0.4, -0.2) is 6.54 Å². The number of alkyl halides is 3. The molecule has 0 spiro atoms. The molecular weight excluding hydrogens is 275 g/mol. The van der Waals surface area contributed by atoms with E-state index in [9.17, 15) is 13.2 Å². The number of rotatable bonds is 9. The van der Waals surface area contributed by atoms with Crippen LogP contribution in [0.2, 0.25) is 0 Å². The Morgan fingerprint density at radius 1 is 0.952 bits per heavy atom. The summed E-state index contributed by atoms with van der Waals surface area (Å²) in [5.41, 5.74) is 0.309. The third-order valence-electron chi connectivity index (χ3n) is 3.72. The molecule has 4 heteroatoms. The predicted molar refractivity (Wildman–Crippen MR) is 81.2 cm³/mol. The van der Waals surface area contributed by atoms with Gasteiger partial charge in [0.1, 0.15) is 0 Å². The van der Waals surface area contributed by atoms with Gasteiger partial charge in [-0.1, -0.05) is 51.2 Å². The molecular formula is C17H26F3N. The van der Waals surface area contributed by atoms with Gasteiger partial charge in [-0.3, -0.25) is 0 Å². The molecule has 120 valence electrons. The predicted octanol–water partition coefficient (Wildman–Crippen LogP) is 5.72. The lowest BCUT2D eigenvalue weighted by Crippen LogP contribution is -2.20. The Morgan fingerprint density at radius 2 is 1.52 bits per heavy atom. The van der Waals surface area contributed by atoms with Crippen molar-refractivity contribution in [3.8, 4) is 0 Å². The summed E-state index contributed by atoms with van der Waals surface area (Å²) in [5, 5.41) is 3.37. The van der Waals surface area contributed by atoms with Crippen molar-refractivity contribution in [2.75, 3.05) is 6.54 Å². The molecule has 0 bridgehead atoms. The summed E-state index contributed by atoms with van der Waals surface area (Å²) in [6.07, 6.45) is 3.20. The van der Waals surface area contributed by atoms with E-state index in [0.717, 1.165) is 30.7 Å². The zero-order valence-electron chi connectivity index (χ0n) is 13.0. The lowest BCUT2D eigenvalue weighted by Gasteiger charge is -2.15. The standard InChI is InChI=1S/C17H26F3N/c1-3-4-5-6-7-8-13-21-14(2)15-9-11-16(12-10-15)17(18,19)20/h9-12,14,21H,3-8,13H2,1-2H3. The van der Waals surface area contributed by atoms with E-state index in [2.05, 4.69) is 12.2 Å². The minimum Gasteiger partial charge on any atom is -0.310 e. The number of unbranched alkanes of at least 4 members (excludes halogenated alkanes) is 5. The quantitative estimate of drug-likeness (QED) is 0.575. The summed E-state index contributed by atoms with van der Waals surface area (Å²) < 4.78 is 37.4. The van der Waals surface area contributed by atoms with Gasteiger partial charge < -0.3 is 5.32 Å². The summed E-state index contributed by atoms with van der Waals surface area (Å²) in [5.74, 6) is 0. The van der Waals surface area contributed by atoms with Gasteiger partial charge in [0.15, 0.2) is 0 Å². The van der Waals surface area contributed by atoms with E-state index < -0.39 is 11.7 Å². The zero-order valence-corrected chi connectivity index (χ0v) is 13.0. The number of halogens is 3. The average Bonchev–Trinajstić information content (AvgIpc) is 2.45. The Balaban J connectivity index is 2.27. The third kappa shape index (κ3) is 6.98. The lowest BCUT2D eigenvalue weighted by atomic mass is 10.1. The largest absolute Gasteiger partial charge is 0.416 e. The van der Waals surface area contributed by atoms with Gasteiger partial charge in [0.25, 0.3) is 0 Å². The van der Waals surface area contributed by atoms with Crippen LogP contribution in [0.5, 0.6) is 0 Å². The van der Waals surface area contributed by atoms with Crippen LogP contribution in [-0.2, 0) is 6.18 Å². The molecule has 0 saturated heterocycles. The SMILES string of the molecule is CCCCCCCCNC(C)c1ccc(C(F)(F)F)cc1. The first-order valence-corrected chi connectivity index (χ1v) is 7.85. The van der Waals surface area contributed by atoms with Gasteiger partial charge in [-0.15, -0.1) is 0 Å². The number of benzene rings is 1. The van der Waals surface area contributed by atoms with Crippen LogP contribution in [0.15, 0.2) is 24.3 Å². The molecule has 0 heterocycles. The van der Waals surface area contributed by atoms with Crippen molar-refractivity contribution < 1.29 is 13.2 Å². The molecule has 0 fully saturated rings. The van der Waals surface area contributed by atoms with Crippen molar-refractivity contribution in [3.63, 3.8) is 0 Å². The fourth-order valence-electron chi connectivity index (χ4n) is 2.30. The number of nitrogens with one attached hydrogen (secondary N) is 1. The van der Waals surface area contributed by atoms with E-state index in [0.29, 0.717) is 0 Å². The van der Waals surface area contributed by atoms with E-state index in [4.69, 9.17) is 0 Å². The molecule has 0 aliphatic rings. The number of hydrogen-bond acceptors (Lipinski definition) is 1. The molecule has 1 nitrogen and oxygen atoms in total. The minimum absolute atomic E-state index is 0.0860. The molecule has 1 unspecified atom stereocenters. The summed E-state index contributed by atoms with van der Waals surface area (Å²) in [6, 6.07) is 5.50. The highest BCUT2D eigenvalue weighted by atomic mass is 19.4. The molecule has 1 aromatic rings. The monoisotopic (exact) mass is 301 g/mol. The molecule has 0 radical (unpaired) electrons. The first-order chi connectivity index (χ1) is 9.95. The van der Waals surface area contributed by atoms with E-state index in [1.54, 1.807) is 12.1 Å². The molecule has 1 aromatic carbocycles. The van der Waals surface area contributed by atoms with Crippen LogP contribution in [0.1, 0.15) is 69.5 Å². The maximum atomic E-state index is 12.5. The molecule has 0 aliphatic heterocycles. The Kier molecular flexibility index (Phi) is 7.79. The molecule has 1 N–H and O–H groups in total. The van der Waals surface area contributed by atoms with Crippen LogP contribution in [0.4, 0.5) is 13.2 Å². The Labute approximate surface area is 125 Å². The van der Waals surface area contributed by atoms with Crippen LogP contribution in [0.3, 0.4) is 0 Å². The van der Waals surface area contributed by atoms with Gasteiger partial charge in [0.05, 0.1) is 5.56 Å². The maximum Gasteiger partial charge on any atom is 0.416 e.